The molecule has 13 heavy (non-hydrogen) atoms. The van der Waals surface area contributed by atoms with Crippen LogP contribution >= 0.6 is 11.6 Å². The van der Waals surface area contributed by atoms with Crippen LogP contribution in [0.3, 0.4) is 0 Å². The van der Waals surface area contributed by atoms with Crippen LogP contribution in [0.25, 0.3) is 0 Å². The summed E-state index contributed by atoms with van der Waals surface area (Å²) >= 11 is 5.77. The second-order valence-corrected chi connectivity index (χ2v) is 3.56. The predicted molar refractivity (Wildman–Crippen MR) is 52.1 cm³/mol. The lowest BCUT2D eigenvalue weighted by Gasteiger charge is -2.26. The van der Waals surface area contributed by atoms with E-state index in [0.717, 1.165) is 24.2 Å². The molecule has 0 saturated heterocycles. The third-order valence-corrected chi connectivity index (χ3v) is 2.65. The fourth-order valence-corrected chi connectivity index (χ4v) is 1.51. The molecule has 0 N–H and O–H groups in total. The van der Waals surface area contributed by atoms with Crippen molar-refractivity contribution in [2.75, 3.05) is 0 Å². The fraction of sp³-hybridized carbons (Fsp3) is 0.500. The van der Waals surface area contributed by atoms with Crippen molar-refractivity contribution in [1.29, 1.82) is 0 Å². The van der Waals surface area contributed by atoms with Gasteiger partial charge in [0.25, 0.3) is 0 Å². The van der Waals surface area contributed by atoms with Crippen molar-refractivity contribution in [1.82, 2.24) is 4.98 Å². The highest BCUT2D eigenvalue weighted by molar-refractivity contribution is 6.17. The number of pyridine rings is 1. The Balaban J connectivity index is 2.08. The van der Waals surface area contributed by atoms with Crippen molar-refractivity contribution < 1.29 is 4.74 Å². The monoisotopic (exact) mass is 197 g/mol. The lowest BCUT2D eigenvalue weighted by molar-refractivity contribution is 0.119. The molecule has 1 aliphatic rings. The standard InChI is InChI=1S/C10H12ClNO/c11-6-8-4-5-12-7-10(8)13-9-2-1-3-9/h4-5,7,9H,1-3,6H2. The van der Waals surface area contributed by atoms with E-state index in [4.69, 9.17) is 16.3 Å². The molecule has 0 amide bonds. The van der Waals surface area contributed by atoms with Crippen molar-refractivity contribution in [2.24, 2.45) is 0 Å². The summed E-state index contributed by atoms with van der Waals surface area (Å²) in [5, 5.41) is 0. The van der Waals surface area contributed by atoms with E-state index in [9.17, 15) is 0 Å². The molecule has 0 aliphatic heterocycles. The minimum absolute atomic E-state index is 0.395. The smallest absolute Gasteiger partial charge is 0.142 e. The number of alkyl halides is 1. The van der Waals surface area contributed by atoms with E-state index in [1.165, 1.54) is 6.42 Å². The fourth-order valence-electron chi connectivity index (χ4n) is 1.29. The second kappa shape index (κ2) is 3.97. The first-order valence-corrected chi connectivity index (χ1v) is 5.09. The topological polar surface area (TPSA) is 22.1 Å². The van der Waals surface area contributed by atoms with Crippen LogP contribution in [0, 0.1) is 0 Å². The van der Waals surface area contributed by atoms with Gasteiger partial charge in [0, 0.05) is 11.8 Å². The molecule has 0 bridgehead atoms. The summed E-state index contributed by atoms with van der Waals surface area (Å²) in [6, 6.07) is 1.90. The summed E-state index contributed by atoms with van der Waals surface area (Å²) in [4.78, 5) is 4.02. The quantitative estimate of drug-likeness (QED) is 0.696. The van der Waals surface area contributed by atoms with Crippen molar-refractivity contribution in [3.8, 4) is 5.75 Å². The van der Waals surface area contributed by atoms with Crippen LogP contribution < -0.4 is 4.74 Å². The lowest BCUT2D eigenvalue weighted by atomic mass is 9.96. The van der Waals surface area contributed by atoms with Crippen LogP contribution in [-0.4, -0.2) is 11.1 Å². The molecule has 0 aromatic carbocycles. The van der Waals surface area contributed by atoms with Crippen LogP contribution in [-0.2, 0) is 5.88 Å². The van der Waals surface area contributed by atoms with Gasteiger partial charge < -0.3 is 4.74 Å². The number of ether oxygens (including phenoxy) is 1. The van der Waals surface area contributed by atoms with Crippen LogP contribution in [0.4, 0.5) is 0 Å². The first-order chi connectivity index (χ1) is 6.40. The van der Waals surface area contributed by atoms with Gasteiger partial charge in [-0.3, -0.25) is 4.98 Å². The van der Waals surface area contributed by atoms with Gasteiger partial charge in [0.1, 0.15) is 5.75 Å². The number of hydrogen-bond donors (Lipinski definition) is 0. The Kier molecular flexibility index (Phi) is 2.69. The van der Waals surface area contributed by atoms with Gasteiger partial charge in [-0.1, -0.05) is 0 Å². The van der Waals surface area contributed by atoms with E-state index in [2.05, 4.69) is 4.98 Å². The Bertz CT molecular complexity index is 286. The molecule has 0 unspecified atom stereocenters. The van der Waals surface area contributed by atoms with E-state index in [1.54, 1.807) is 12.4 Å². The molecule has 1 aliphatic carbocycles. The van der Waals surface area contributed by atoms with Gasteiger partial charge in [0.15, 0.2) is 0 Å². The number of aromatic nitrogens is 1. The van der Waals surface area contributed by atoms with E-state index < -0.39 is 0 Å². The molecule has 0 atom stereocenters. The van der Waals surface area contributed by atoms with Gasteiger partial charge in [-0.05, 0) is 25.3 Å². The number of rotatable bonds is 3. The summed E-state index contributed by atoms with van der Waals surface area (Å²) in [6.45, 7) is 0. The summed E-state index contributed by atoms with van der Waals surface area (Å²) in [5.74, 6) is 1.34. The van der Waals surface area contributed by atoms with Gasteiger partial charge in [-0.15, -0.1) is 11.6 Å². The molecular formula is C10H12ClNO. The molecule has 1 aromatic rings. The van der Waals surface area contributed by atoms with E-state index in [1.807, 2.05) is 6.07 Å². The Labute approximate surface area is 82.9 Å². The first-order valence-electron chi connectivity index (χ1n) is 4.55. The Morgan fingerprint density at radius 2 is 2.38 bits per heavy atom. The zero-order chi connectivity index (χ0) is 9.10. The predicted octanol–water partition coefficient (Wildman–Crippen LogP) is 2.75. The molecule has 1 heterocycles. The average molecular weight is 198 g/mol. The SMILES string of the molecule is ClCc1ccncc1OC1CCC1. The maximum Gasteiger partial charge on any atom is 0.142 e. The van der Waals surface area contributed by atoms with E-state index >= 15 is 0 Å². The molecule has 1 aromatic heterocycles. The van der Waals surface area contributed by atoms with Gasteiger partial charge >= 0.3 is 0 Å². The van der Waals surface area contributed by atoms with Crippen LogP contribution in [0.15, 0.2) is 18.5 Å². The molecule has 0 radical (unpaired) electrons. The molecule has 0 spiro atoms. The molecule has 2 nitrogen and oxygen atoms in total. The summed E-state index contributed by atoms with van der Waals surface area (Å²) < 4.78 is 5.73. The number of nitrogens with zero attached hydrogens (tertiary/aromatic N) is 1. The van der Waals surface area contributed by atoms with Crippen LogP contribution in [0.1, 0.15) is 24.8 Å². The third kappa shape index (κ3) is 1.94. The van der Waals surface area contributed by atoms with Gasteiger partial charge in [-0.2, -0.15) is 0 Å². The van der Waals surface area contributed by atoms with Crippen LogP contribution in [0.2, 0.25) is 0 Å². The van der Waals surface area contributed by atoms with Crippen molar-refractivity contribution in [3.05, 3.63) is 24.0 Å². The van der Waals surface area contributed by atoms with Crippen molar-refractivity contribution >= 4 is 11.6 Å². The molecule has 2 rings (SSSR count). The van der Waals surface area contributed by atoms with Gasteiger partial charge in [-0.25, -0.2) is 0 Å². The number of halogens is 1. The minimum atomic E-state index is 0.395. The van der Waals surface area contributed by atoms with E-state index in [-0.39, 0.29) is 0 Å². The van der Waals surface area contributed by atoms with Crippen LogP contribution in [0.5, 0.6) is 5.75 Å². The van der Waals surface area contributed by atoms with Crippen molar-refractivity contribution in [2.45, 2.75) is 31.2 Å². The summed E-state index contributed by atoms with van der Waals surface area (Å²) in [6.07, 6.45) is 7.49. The maximum atomic E-state index is 5.77. The van der Waals surface area contributed by atoms with Gasteiger partial charge in [0.2, 0.25) is 0 Å². The maximum absolute atomic E-state index is 5.77. The average Bonchev–Trinajstić information content (AvgIpc) is 2.12. The highest BCUT2D eigenvalue weighted by Crippen LogP contribution is 2.27. The molecular weight excluding hydrogens is 186 g/mol. The van der Waals surface area contributed by atoms with E-state index in [0.29, 0.717) is 12.0 Å². The zero-order valence-corrected chi connectivity index (χ0v) is 8.13. The third-order valence-electron chi connectivity index (χ3n) is 2.36. The van der Waals surface area contributed by atoms with Crippen molar-refractivity contribution in [3.63, 3.8) is 0 Å². The normalized spacial score (nSPS) is 16.7. The zero-order valence-electron chi connectivity index (χ0n) is 7.37. The minimum Gasteiger partial charge on any atom is -0.488 e. The Hall–Kier alpha value is -0.760. The molecule has 70 valence electrons. The summed E-state index contributed by atoms with van der Waals surface area (Å²) in [5.41, 5.74) is 1.03. The molecule has 3 heteroatoms. The lowest BCUT2D eigenvalue weighted by Crippen LogP contribution is -2.25. The molecule has 1 saturated carbocycles. The summed E-state index contributed by atoms with van der Waals surface area (Å²) in [7, 11) is 0. The molecule has 1 fully saturated rings. The van der Waals surface area contributed by atoms with Gasteiger partial charge in [0.05, 0.1) is 18.2 Å². The Morgan fingerprint density at radius 3 is 3.00 bits per heavy atom. The highest BCUT2D eigenvalue weighted by Gasteiger charge is 2.19. The first kappa shape index (κ1) is 8.82. The largest absolute Gasteiger partial charge is 0.488 e. The number of hydrogen-bond acceptors (Lipinski definition) is 2. The Morgan fingerprint density at radius 1 is 1.54 bits per heavy atom. The highest BCUT2D eigenvalue weighted by atomic mass is 35.5. The second-order valence-electron chi connectivity index (χ2n) is 3.29.